The Morgan fingerprint density at radius 2 is 1.90 bits per heavy atom. The van der Waals surface area contributed by atoms with Crippen molar-refractivity contribution in [3.63, 3.8) is 0 Å². The monoisotopic (exact) mass is 448 g/mol. The van der Waals surface area contributed by atoms with Crippen LogP contribution in [-0.4, -0.2) is 36.5 Å². The first-order valence-electron chi connectivity index (χ1n) is 9.37. The Kier molecular flexibility index (Phi) is 7.09. The number of amides is 1. The summed E-state index contributed by atoms with van der Waals surface area (Å²) in [6.45, 7) is 3.66. The number of furan rings is 1. The Bertz CT molecular complexity index is 1010. The van der Waals surface area contributed by atoms with Crippen LogP contribution in [0, 0.1) is 6.92 Å². The first-order chi connectivity index (χ1) is 14.3. The molecule has 2 aromatic heterocycles. The van der Waals surface area contributed by atoms with Crippen LogP contribution in [-0.2, 0) is 27.9 Å². The van der Waals surface area contributed by atoms with Gasteiger partial charge in [0.1, 0.15) is 11.8 Å². The predicted molar refractivity (Wildman–Crippen MR) is 114 cm³/mol. The van der Waals surface area contributed by atoms with Crippen LogP contribution in [0.2, 0.25) is 0 Å². The molecule has 2 atom stereocenters. The summed E-state index contributed by atoms with van der Waals surface area (Å²) >= 11 is 1.49. The van der Waals surface area contributed by atoms with Crippen LogP contribution in [0.1, 0.15) is 23.1 Å². The number of aliphatic hydroxyl groups excluding tert-OH is 1. The second-order valence-corrected chi connectivity index (χ2v) is 9.75. The molecule has 160 valence electrons. The highest BCUT2D eigenvalue weighted by molar-refractivity contribution is 7.89. The maximum Gasteiger partial charge on any atom is 0.244 e. The molecule has 9 heteroatoms. The number of benzene rings is 1. The van der Waals surface area contributed by atoms with E-state index in [0.29, 0.717) is 5.76 Å². The number of hydrogen-bond donors (Lipinski definition) is 2. The van der Waals surface area contributed by atoms with E-state index in [1.165, 1.54) is 41.6 Å². The Morgan fingerprint density at radius 1 is 1.17 bits per heavy atom. The highest BCUT2D eigenvalue weighted by Crippen LogP contribution is 2.18. The quantitative estimate of drug-likeness (QED) is 0.524. The molecule has 0 aliphatic carbocycles. The van der Waals surface area contributed by atoms with E-state index in [1.54, 1.807) is 24.3 Å². The predicted octanol–water partition coefficient (Wildman–Crippen LogP) is 2.91. The molecule has 2 N–H and O–H groups in total. The fraction of sp³-hybridized carbons (Fsp3) is 0.286. The van der Waals surface area contributed by atoms with Crippen LogP contribution in [0.15, 0.2) is 69.5 Å². The van der Waals surface area contributed by atoms with Gasteiger partial charge in [0.15, 0.2) is 0 Å². The molecule has 0 aliphatic heterocycles. The zero-order valence-electron chi connectivity index (χ0n) is 16.7. The van der Waals surface area contributed by atoms with Crippen LogP contribution in [0.25, 0.3) is 0 Å². The van der Waals surface area contributed by atoms with Gasteiger partial charge in [-0.15, -0.1) is 11.3 Å². The number of nitrogens with zero attached hydrogens (tertiary/aromatic N) is 1. The maximum atomic E-state index is 13.3. The van der Waals surface area contributed by atoms with Crippen LogP contribution in [0.4, 0.5) is 0 Å². The molecule has 2 unspecified atom stereocenters. The Balaban J connectivity index is 1.85. The van der Waals surface area contributed by atoms with Crippen molar-refractivity contribution in [1.82, 2.24) is 9.62 Å². The third-order valence-corrected chi connectivity index (χ3v) is 6.85. The van der Waals surface area contributed by atoms with E-state index in [-0.39, 0.29) is 18.0 Å². The number of carbonyl (C=O) groups excluding carboxylic acids is 1. The second-order valence-electron chi connectivity index (χ2n) is 7.01. The molecule has 1 amide bonds. The lowest BCUT2D eigenvalue weighted by atomic mass is 10.1. The molecule has 7 nitrogen and oxygen atoms in total. The summed E-state index contributed by atoms with van der Waals surface area (Å²) in [4.78, 5) is 15.7. The molecule has 0 radical (unpaired) electrons. The van der Waals surface area contributed by atoms with Crippen molar-refractivity contribution >= 4 is 27.3 Å². The number of rotatable bonds is 9. The van der Waals surface area contributed by atoms with Crippen molar-refractivity contribution in [2.45, 2.75) is 44.0 Å². The first-order valence-corrected chi connectivity index (χ1v) is 11.7. The Hall–Kier alpha value is -2.46. The molecule has 0 fully saturated rings. The summed E-state index contributed by atoms with van der Waals surface area (Å²) in [5.74, 6) is 0.0242. The molecule has 1 aromatic carbocycles. The van der Waals surface area contributed by atoms with Gasteiger partial charge in [0.2, 0.25) is 15.9 Å². The van der Waals surface area contributed by atoms with Crippen molar-refractivity contribution in [1.29, 1.82) is 0 Å². The zero-order chi connectivity index (χ0) is 21.7. The smallest absolute Gasteiger partial charge is 0.244 e. The fourth-order valence-corrected chi connectivity index (χ4v) is 4.88. The second kappa shape index (κ2) is 9.57. The summed E-state index contributed by atoms with van der Waals surface area (Å²) in [5.41, 5.74) is 0.915. The van der Waals surface area contributed by atoms with E-state index >= 15 is 0 Å². The van der Waals surface area contributed by atoms with Gasteiger partial charge in [0.25, 0.3) is 0 Å². The number of aliphatic hydroxyl groups is 1. The standard InChI is InChI=1S/C21H24N2O5S2/c1-15-7-9-19(10-8-15)30(26,27)22-20(16(2)24)21(25)23(13-17-5-3-11-28-17)14-18-6-4-12-29-18/h3-12,16,20,22,24H,13-14H2,1-2H3. The van der Waals surface area contributed by atoms with E-state index in [0.717, 1.165) is 10.4 Å². The Morgan fingerprint density at radius 3 is 2.47 bits per heavy atom. The van der Waals surface area contributed by atoms with Crippen LogP contribution in [0.3, 0.4) is 0 Å². The number of sulfonamides is 1. The minimum Gasteiger partial charge on any atom is -0.467 e. The minimum atomic E-state index is -4.00. The topological polar surface area (TPSA) is 99.9 Å². The largest absolute Gasteiger partial charge is 0.467 e. The summed E-state index contributed by atoms with van der Waals surface area (Å²) in [6, 6.07) is 12.2. The minimum absolute atomic E-state index is 0.0300. The van der Waals surface area contributed by atoms with E-state index in [4.69, 9.17) is 4.42 Å². The third kappa shape index (κ3) is 5.57. The van der Waals surface area contributed by atoms with Gasteiger partial charge in [-0.25, -0.2) is 8.42 Å². The highest BCUT2D eigenvalue weighted by Gasteiger charge is 2.33. The zero-order valence-corrected chi connectivity index (χ0v) is 18.3. The molecule has 0 spiro atoms. The summed E-state index contributed by atoms with van der Waals surface area (Å²) in [6.07, 6.45) is 0.273. The van der Waals surface area contributed by atoms with E-state index < -0.39 is 28.1 Å². The molecule has 2 heterocycles. The number of thiophene rings is 1. The van der Waals surface area contributed by atoms with Crippen LogP contribution >= 0.6 is 11.3 Å². The summed E-state index contributed by atoms with van der Waals surface area (Å²) < 4.78 is 33.4. The average molecular weight is 449 g/mol. The third-order valence-electron chi connectivity index (χ3n) is 4.53. The number of hydrogen-bond acceptors (Lipinski definition) is 6. The van der Waals surface area contributed by atoms with Gasteiger partial charge in [-0.2, -0.15) is 4.72 Å². The van der Waals surface area contributed by atoms with Crippen LogP contribution in [0.5, 0.6) is 0 Å². The van der Waals surface area contributed by atoms with E-state index in [1.807, 2.05) is 24.4 Å². The van der Waals surface area contributed by atoms with Gasteiger partial charge in [-0.1, -0.05) is 23.8 Å². The molecule has 0 aliphatic rings. The highest BCUT2D eigenvalue weighted by atomic mass is 32.2. The van der Waals surface area contributed by atoms with E-state index in [9.17, 15) is 18.3 Å². The molecular weight excluding hydrogens is 424 g/mol. The summed E-state index contributed by atoms with van der Waals surface area (Å²) in [5, 5.41) is 12.1. The molecule has 0 saturated heterocycles. The maximum absolute atomic E-state index is 13.3. The van der Waals surface area contributed by atoms with Gasteiger partial charge >= 0.3 is 0 Å². The van der Waals surface area contributed by atoms with Gasteiger partial charge in [0, 0.05) is 4.88 Å². The first kappa shape index (κ1) is 22.2. The van der Waals surface area contributed by atoms with Crippen molar-refractivity contribution in [2.24, 2.45) is 0 Å². The normalized spacial score (nSPS) is 13.7. The number of carbonyl (C=O) groups is 1. The average Bonchev–Trinajstić information content (AvgIpc) is 3.39. The molecule has 30 heavy (non-hydrogen) atoms. The SMILES string of the molecule is Cc1ccc(S(=O)(=O)NC(C(=O)N(Cc2ccco2)Cc2cccs2)C(C)O)cc1. The molecule has 0 saturated carbocycles. The molecule has 3 aromatic rings. The van der Waals surface area contributed by atoms with Crippen LogP contribution < -0.4 is 4.72 Å². The summed E-state index contributed by atoms with van der Waals surface area (Å²) in [7, 11) is -4.00. The molecule has 0 bridgehead atoms. The molecule has 3 rings (SSSR count). The fourth-order valence-electron chi connectivity index (χ4n) is 2.90. The molecular formula is C21H24N2O5S2. The number of aryl methyl sites for hydroxylation is 1. The van der Waals surface area contributed by atoms with Crippen molar-refractivity contribution in [3.8, 4) is 0 Å². The van der Waals surface area contributed by atoms with Gasteiger partial charge in [0.05, 0.1) is 30.4 Å². The van der Waals surface area contributed by atoms with E-state index in [2.05, 4.69) is 4.72 Å². The lowest BCUT2D eigenvalue weighted by molar-refractivity contribution is -0.136. The van der Waals surface area contributed by atoms with Crippen molar-refractivity contribution < 1.29 is 22.7 Å². The lowest BCUT2D eigenvalue weighted by Crippen LogP contribution is -2.53. The van der Waals surface area contributed by atoms with Crippen molar-refractivity contribution in [3.05, 3.63) is 76.4 Å². The van der Waals surface area contributed by atoms with Crippen molar-refractivity contribution in [2.75, 3.05) is 0 Å². The lowest BCUT2D eigenvalue weighted by Gasteiger charge is -2.28. The van der Waals surface area contributed by atoms with Gasteiger partial charge < -0.3 is 14.4 Å². The Labute approximate surface area is 180 Å². The van der Waals surface area contributed by atoms with Gasteiger partial charge in [-0.05, 0) is 49.6 Å². The number of nitrogens with one attached hydrogen (secondary N) is 1. The van der Waals surface area contributed by atoms with Gasteiger partial charge in [-0.3, -0.25) is 4.79 Å².